The number of aliphatic imine (C=N–C) groups is 1. The van der Waals surface area contributed by atoms with E-state index in [0.29, 0.717) is 33.4 Å². The first kappa shape index (κ1) is 25.2. The first-order valence-electron chi connectivity index (χ1n) is 9.65. The lowest BCUT2D eigenvalue weighted by Gasteiger charge is -2.17. The second-order valence-corrected chi connectivity index (χ2v) is 7.90. The summed E-state index contributed by atoms with van der Waals surface area (Å²) >= 11 is 3.54. The second kappa shape index (κ2) is 10.5. The molecule has 0 amide bonds. The van der Waals surface area contributed by atoms with Crippen LogP contribution in [0, 0.1) is 10.8 Å². The van der Waals surface area contributed by atoms with Crippen LogP contribution >= 0.6 is 15.9 Å². The van der Waals surface area contributed by atoms with Crippen LogP contribution in [0.4, 0.5) is 13.2 Å². The van der Waals surface area contributed by atoms with Crippen molar-refractivity contribution in [1.29, 1.82) is 10.8 Å². The average Bonchev–Trinajstić information content (AvgIpc) is 3.07. The summed E-state index contributed by atoms with van der Waals surface area (Å²) in [6.45, 7) is 5.89. The molecule has 0 saturated carbocycles. The molecule has 32 heavy (non-hydrogen) atoms. The minimum Gasteiger partial charge on any atom is -0.388 e. The third-order valence-corrected chi connectivity index (χ3v) is 5.35. The van der Waals surface area contributed by atoms with Crippen LogP contribution in [0.15, 0.2) is 33.6 Å². The number of halogens is 4. The molecular formula is C20H24BrF3N8. The van der Waals surface area contributed by atoms with Crippen LogP contribution < -0.4 is 11.1 Å². The van der Waals surface area contributed by atoms with Gasteiger partial charge >= 0.3 is 6.18 Å². The fourth-order valence-corrected chi connectivity index (χ4v) is 3.85. The van der Waals surface area contributed by atoms with Crippen molar-refractivity contribution in [2.45, 2.75) is 45.3 Å². The number of rotatable bonds is 9. The number of allylic oxidation sites excluding steroid dienone is 1. The number of aromatic nitrogens is 3. The zero-order chi connectivity index (χ0) is 24.1. The van der Waals surface area contributed by atoms with Crippen LogP contribution in [-0.2, 0) is 6.18 Å². The molecule has 1 atom stereocenters. The molecule has 2 rings (SSSR count). The maximum Gasteiger partial charge on any atom is 0.451 e. The Morgan fingerprint density at radius 2 is 1.94 bits per heavy atom. The Hall–Kier alpha value is -3.02. The van der Waals surface area contributed by atoms with Gasteiger partial charge in [0.2, 0.25) is 5.82 Å². The molecule has 0 radical (unpaired) electrons. The highest BCUT2D eigenvalue weighted by Gasteiger charge is 2.34. The Kier molecular flexibility index (Phi) is 8.31. The van der Waals surface area contributed by atoms with Gasteiger partial charge in [0.25, 0.3) is 0 Å². The minimum atomic E-state index is -4.66. The number of nitrogens with zero attached hydrogens (tertiary/aromatic N) is 3. The van der Waals surface area contributed by atoms with E-state index in [4.69, 9.17) is 16.6 Å². The molecule has 2 heterocycles. The molecule has 6 N–H and O–H groups in total. The normalized spacial score (nSPS) is 13.9. The lowest BCUT2D eigenvalue weighted by molar-refractivity contribution is -0.144. The smallest absolute Gasteiger partial charge is 0.388 e. The maximum atomic E-state index is 12.9. The van der Waals surface area contributed by atoms with Gasteiger partial charge in [0.05, 0.1) is 5.69 Å². The Morgan fingerprint density at radius 1 is 1.31 bits per heavy atom. The lowest BCUT2D eigenvalue weighted by Crippen LogP contribution is -2.18. The van der Waals surface area contributed by atoms with Crippen molar-refractivity contribution in [3.8, 4) is 11.1 Å². The van der Waals surface area contributed by atoms with E-state index < -0.39 is 12.0 Å². The summed E-state index contributed by atoms with van der Waals surface area (Å²) in [6, 6.07) is 0.167. The van der Waals surface area contributed by atoms with Gasteiger partial charge in [-0.15, -0.1) is 0 Å². The zero-order valence-corrected chi connectivity index (χ0v) is 19.3. The van der Waals surface area contributed by atoms with Gasteiger partial charge in [0.15, 0.2) is 0 Å². The Labute approximate surface area is 191 Å². The van der Waals surface area contributed by atoms with Crippen molar-refractivity contribution in [2.24, 2.45) is 10.7 Å². The van der Waals surface area contributed by atoms with Crippen molar-refractivity contribution in [3.05, 3.63) is 45.9 Å². The Bertz CT molecular complexity index is 1020. The summed E-state index contributed by atoms with van der Waals surface area (Å²) in [4.78, 5) is 13.8. The van der Waals surface area contributed by atoms with Gasteiger partial charge in [-0.3, -0.25) is 5.41 Å². The van der Waals surface area contributed by atoms with Crippen molar-refractivity contribution in [1.82, 2.24) is 20.3 Å². The van der Waals surface area contributed by atoms with Gasteiger partial charge in [-0.25, -0.2) is 15.0 Å². The van der Waals surface area contributed by atoms with E-state index in [0.717, 1.165) is 18.7 Å². The molecule has 0 aromatic carbocycles. The van der Waals surface area contributed by atoms with Crippen molar-refractivity contribution in [2.75, 3.05) is 0 Å². The topological polar surface area (TPSA) is 140 Å². The van der Waals surface area contributed by atoms with Crippen LogP contribution in [0.5, 0.6) is 0 Å². The number of amidine groups is 1. The molecule has 1 unspecified atom stereocenters. The summed E-state index contributed by atoms with van der Waals surface area (Å²) in [5.41, 5.74) is 8.36. The summed E-state index contributed by atoms with van der Waals surface area (Å²) in [5, 5.41) is 18.2. The van der Waals surface area contributed by atoms with Crippen molar-refractivity contribution < 1.29 is 13.2 Å². The maximum absolute atomic E-state index is 12.9. The van der Waals surface area contributed by atoms with Crippen LogP contribution in [0.25, 0.3) is 11.1 Å². The Morgan fingerprint density at radius 3 is 2.41 bits per heavy atom. The quantitative estimate of drug-likeness (QED) is 0.247. The summed E-state index contributed by atoms with van der Waals surface area (Å²) in [7, 11) is 0. The van der Waals surface area contributed by atoms with Gasteiger partial charge in [-0.05, 0) is 41.8 Å². The fraction of sp³-hybridized carbons (Fsp3) is 0.350. The number of hydrogen-bond acceptors (Lipinski definition) is 5. The first-order chi connectivity index (χ1) is 15.0. The van der Waals surface area contributed by atoms with E-state index in [1.54, 1.807) is 6.20 Å². The average molecular weight is 513 g/mol. The third kappa shape index (κ3) is 5.61. The lowest BCUT2D eigenvalue weighted by atomic mass is 9.93. The molecule has 172 valence electrons. The van der Waals surface area contributed by atoms with E-state index in [9.17, 15) is 13.2 Å². The predicted molar refractivity (Wildman–Crippen MR) is 122 cm³/mol. The van der Waals surface area contributed by atoms with E-state index in [-0.39, 0.29) is 23.4 Å². The van der Waals surface area contributed by atoms with E-state index in [1.165, 1.54) is 6.21 Å². The molecule has 12 heteroatoms. The van der Waals surface area contributed by atoms with Crippen molar-refractivity contribution >= 4 is 34.3 Å². The van der Waals surface area contributed by atoms with Crippen LogP contribution in [0.2, 0.25) is 0 Å². The fourth-order valence-electron chi connectivity index (χ4n) is 3.05. The molecule has 0 saturated heterocycles. The zero-order valence-electron chi connectivity index (χ0n) is 17.7. The summed E-state index contributed by atoms with van der Waals surface area (Å²) < 4.78 is 39.2. The number of aromatic amines is 1. The largest absolute Gasteiger partial charge is 0.451 e. The second-order valence-electron chi connectivity index (χ2n) is 7.11. The molecule has 0 aliphatic rings. The highest BCUT2D eigenvalue weighted by atomic mass is 79.9. The SMILES string of the molecule is CCC(/C(C=N)=C/NC(C)C)c1[nH]c(/C(N)=N\C=N)c(-c2cnc(C(F)(F)F)nc2)c1Br. The Balaban J connectivity index is 2.69. The summed E-state index contributed by atoms with van der Waals surface area (Å²) in [5.74, 6) is -1.54. The first-order valence-corrected chi connectivity index (χ1v) is 10.4. The van der Waals surface area contributed by atoms with Crippen molar-refractivity contribution in [3.63, 3.8) is 0 Å². The van der Waals surface area contributed by atoms with E-state index in [1.807, 2.05) is 20.8 Å². The van der Waals surface area contributed by atoms with Crippen LogP contribution in [0.1, 0.15) is 50.3 Å². The third-order valence-electron chi connectivity index (χ3n) is 4.53. The molecule has 8 nitrogen and oxygen atoms in total. The highest BCUT2D eigenvalue weighted by molar-refractivity contribution is 9.10. The number of hydrogen-bond donors (Lipinski definition) is 5. The molecule has 2 aromatic heterocycles. The molecular weight excluding hydrogens is 489 g/mol. The predicted octanol–water partition coefficient (Wildman–Crippen LogP) is 4.59. The van der Waals surface area contributed by atoms with Gasteiger partial charge < -0.3 is 21.4 Å². The van der Waals surface area contributed by atoms with Gasteiger partial charge in [0, 0.05) is 58.1 Å². The van der Waals surface area contributed by atoms with E-state index in [2.05, 4.69) is 41.2 Å². The standard InChI is InChI=1S/C20H24BrF3N8/c1-4-13(11(5-25)6-28-10(2)3)16-15(21)14(17(32-16)18(27)31-9-26)12-7-29-19(30-8-12)20(22,23)24/h5-10,13,25,28,32H,4H2,1-3H3,(H3,26,27,31)/b11-6+,25-5?. The van der Waals surface area contributed by atoms with Crippen LogP contribution in [-0.4, -0.2) is 39.4 Å². The molecule has 0 aliphatic carbocycles. The monoisotopic (exact) mass is 512 g/mol. The van der Waals surface area contributed by atoms with Gasteiger partial charge in [0.1, 0.15) is 12.2 Å². The van der Waals surface area contributed by atoms with E-state index >= 15 is 0 Å². The summed E-state index contributed by atoms with van der Waals surface area (Å²) in [6.07, 6.45) is 1.84. The minimum absolute atomic E-state index is 0.0302. The van der Waals surface area contributed by atoms with Gasteiger partial charge in [-0.1, -0.05) is 6.92 Å². The number of nitrogens with one attached hydrogen (secondary N) is 4. The van der Waals surface area contributed by atoms with Gasteiger partial charge in [-0.2, -0.15) is 13.2 Å². The number of nitrogens with two attached hydrogens (primary N) is 1. The molecule has 0 bridgehead atoms. The highest BCUT2D eigenvalue weighted by Crippen LogP contribution is 2.40. The van der Waals surface area contributed by atoms with Crippen LogP contribution in [0.3, 0.4) is 0 Å². The molecule has 0 aliphatic heterocycles. The molecule has 0 spiro atoms. The molecule has 0 fully saturated rings. The number of H-pyrrole nitrogens is 1. The number of alkyl halides is 3. The molecule has 2 aromatic rings.